The van der Waals surface area contributed by atoms with Crippen molar-refractivity contribution in [3.8, 4) is 21.4 Å². The number of ether oxygens (including phenoxy) is 2. The summed E-state index contributed by atoms with van der Waals surface area (Å²) in [6.45, 7) is 1.87. The second-order valence-corrected chi connectivity index (χ2v) is 8.80. The molecular weight excluding hydrogens is 380 g/mol. The van der Waals surface area contributed by atoms with Gasteiger partial charge >= 0.3 is 0 Å². The van der Waals surface area contributed by atoms with E-state index in [1.54, 1.807) is 11.3 Å². The van der Waals surface area contributed by atoms with Gasteiger partial charge in [-0.25, -0.2) is 4.98 Å². The number of benzene rings is 1. The fourth-order valence-corrected chi connectivity index (χ4v) is 5.35. The van der Waals surface area contributed by atoms with Gasteiger partial charge in [-0.3, -0.25) is 4.79 Å². The van der Waals surface area contributed by atoms with Crippen LogP contribution in [0, 0.1) is 6.92 Å². The zero-order valence-corrected chi connectivity index (χ0v) is 16.4. The molecule has 7 heteroatoms. The zero-order valence-electron chi connectivity index (χ0n) is 14.8. The molecule has 0 unspecified atom stereocenters. The van der Waals surface area contributed by atoms with Crippen molar-refractivity contribution in [2.45, 2.75) is 38.4 Å². The second kappa shape index (κ2) is 6.35. The minimum Gasteiger partial charge on any atom is -0.448 e. The molecule has 3 aromatic rings. The van der Waals surface area contributed by atoms with Crippen LogP contribution in [0.5, 0.6) is 11.5 Å². The lowest BCUT2D eigenvalue weighted by Gasteiger charge is -2.21. The molecule has 3 heterocycles. The minimum absolute atomic E-state index is 0.151. The van der Waals surface area contributed by atoms with Crippen LogP contribution < -0.4 is 14.8 Å². The van der Waals surface area contributed by atoms with E-state index < -0.39 is 5.79 Å². The number of carbonyl (C=O) groups is 1. The smallest absolute Gasteiger partial charge is 0.267 e. The summed E-state index contributed by atoms with van der Waals surface area (Å²) in [7, 11) is 0. The summed E-state index contributed by atoms with van der Waals surface area (Å²) in [5.41, 5.74) is 1.44. The van der Waals surface area contributed by atoms with E-state index in [0.717, 1.165) is 47.0 Å². The van der Waals surface area contributed by atoms with Crippen LogP contribution in [0.3, 0.4) is 0 Å². The van der Waals surface area contributed by atoms with Gasteiger partial charge in [0.15, 0.2) is 11.5 Å². The number of aryl methyl sites for hydroxylation is 1. The van der Waals surface area contributed by atoms with Crippen molar-refractivity contribution in [2.75, 3.05) is 5.32 Å². The molecule has 0 atom stereocenters. The number of amides is 1. The normalized spacial score (nSPS) is 16.8. The first-order valence-corrected chi connectivity index (χ1v) is 10.7. The lowest BCUT2D eigenvalue weighted by atomic mass is 10.2. The Morgan fingerprint density at radius 2 is 2.00 bits per heavy atom. The van der Waals surface area contributed by atoms with E-state index in [1.807, 2.05) is 42.6 Å². The Balaban J connectivity index is 1.35. The number of aromatic nitrogens is 1. The lowest BCUT2D eigenvalue weighted by molar-refractivity contribution is -0.0716. The molecule has 5 rings (SSSR count). The van der Waals surface area contributed by atoms with Gasteiger partial charge in [0, 0.05) is 24.6 Å². The van der Waals surface area contributed by atoms with Crippen LogP contribution in [0.2, 0.25) is 0 Å². The van der Waals surface area contributed by atoms with E-state index in [0.29, 0.717) is 16.3 Å². The molecule has 138 valence electrons. The largest absolute Gasteiger partial charge is 0.448 e. The van der Waals surface area contributed by atoms with Crippen LogP contribution in [0.25, 0.3) is 9.88 Å². The summed E-state index contributed by atoms with van der Waals surface area (Å²) in [5, 5.41) is 5.85. The Bertz CT molecular complexity index is 1000. The molecule has 0 saturated heterocycles. The molecule has 27 heavy (non-hydrogen) atoms. The number of rotatable bonds is 3. The van der Waals surface area contributed by atoms with Crippen molar-refractivity contribution >= 4 is 34.3 Å². The van der Waals surface area contributed by atoms with E-state index in [4.69, 9.17) is 9.47 Å². The molecule has 1 aliphatic heterocycles. The molecule has 5 nitrogen and oxygen atoms in total. The Kier molecular flexibility index (Phi) is 3.94. The Morgan fingerprint density at radius 3 is 2.78 bits per heavy atom. The summed E-state index contributed by atoms with van der Waals surface area (Å²) < 4.78 is 12.1. The monoisotopic (exact) mass is 398 g/mol. The highest BCUT2D eigenvalue weighted by Crippen LogP contribution is 2.47. The van der Waals surface area contributed by atoms with Gasteiger partial charge < -0.3 is 14.8 Å². The Hall–Kier alpha value is -2.38. The third-order valence-electron chi connectivity index (χ3n) is 4.89. The molecule has 1 saturated carbocycles. The van der Waals surface area contributed by atoms with Gasteiger partial charge in [-0.1, -0.05) is 6.07 Å². The fourth-order valence-electron chi connectivity index (χ4n) is 3.59. The van der Waals surface area contributed by atoms with E-state index in [9.17, 15) is 4.79 Å². The van der Waals surface area contributed by atoms with Gasteiger partial charge in [0.1, 0.15) is 9.88 Å². The average molecular weight is 399 g/mol. The molecule has 0 bridgehead atoms. The number of thiophene rings is 1. The maximum absolute atomic E-state index is 12.8. The first-order valence-electron chi connectivity index (χ1n) is 8.97. The molecule has 1 N–H and O–H groups in total. The number of fused-ring (bicyclic) bond motifs is 1. The van der Waals surface area contributed by atoms with Crippen molar-refractivity contribution in [1.29, 1.82) is 0 Å². The van der Waals surface area contributed by atoms with Crippen LogP contribution in [0.15, 0.2) is 35.7 Å². The van der Waals surface area contributed by atoms with Crippen LogP contribution in [0.4, 0.5) is 5.69 Å². The van der Waals surface area contributed by atoms with Crippen molar-refractivity contribution < 1.29 is 14.3 Å². The van der Waals surface area contributed by atoms with E-state index in [1.165, 1.54) is 11.3 Å². The number of nitrogens with one attached hydrogen (secondary N) is 1. The molecule has 2 aliphatic rings. The van der Waals surface area contributed by atoms with E-state index in [2.05, 4.69) is 10.3 Å². The molecule has 1 amide bonds. The number of thiazole rings is 1. The first kappa shape index (κ1) is 16.8. The number of carbonyl (C=O) groups excluding carboxylic acids is 1. The van der Waals surface area contributed by atoms with Gasteiger partial charge in [0.25, 0.3) is 11.7 Å². The first-order chi connectivity index (χ1) is 13.1. The fraction of sp³-hybridized carbons (Fsp3) is 0.300. The molecule has 1 aliphatic carbocycles. The van der Waals surface area contributed by atoms with Crippen LogP contribution in [0.1, 0.15) is 41.0 Å². The molecule has 1 fully saturated rings. The van der Waals surface area contributed by atoms with Gasteiger partial charge in [-0.05, 0) is 43.3 Å². The van der Waals surface area contributed by atoms with Crippen LogP contribution >= 0.6 is 22.7 Å². The molecular formula is C20H18N2O3S2. The average Bonchev–Trinajstić information content (AvgIpc) is 3.41. The molecule has 1 aromatic carbocycles. The summed E-state index contributed by atoms with van der Waals surface area (Å²) in [6, 6.07) is 9.57. The van der Waals surface area contributed by atoms with Gasteiger partial charge in [-0.2, -0.15) is 0 Å². The van der Waals surface area contributed by atoms with Crippen LogP contribution in [-0.4, -0.2) is 16.7 Å². The minimum atomic E-state index is -0.491. The van der Waals surface area contributed by atoms with Crippen molar-refractivity contribution in [3.05, 3.63) is 46.3 Å². The quantitative estimate of drug-likeness (QED) is 0.635. The lowest BCUT2D eigenvalue weighted by Crippen LogP contribution is -2.34. The van der Waals surface area contributed by atoms with Gasteiger partial charge in [0.05, 0.1) is 10.6 Å². The van der Waals surface area contributed by atoms with Gasteiger partial charge in [0.2, 0.25) is 0 Å². The summed E-state index contributed by atoms with van der Waals surface area (Å²) in [6.07, 6.45) is 4.06. The highest BCUT2D eigenvalue weighted by molar-refractivity contribution is 7.22. The van der Waals surface area contributed by atoms with E-state index in [-0.39, 0.29) is 5.91 Å². The predicted octanol–water partition coefficient (Wildman–Crippen LogP) is 5.47. The maximum atomic E-state index is 12.8. The Morgan fingerprint density at radius 1 is 1.19 bits per heavy atom. The zero-order chi connectivity index (χ0) is 18.4. The highest BCUT2D eigenvalue weighted by atomic mass is 32.1. The summed E-state index contributed by atoms with van der Waals surface area (Å²) >= 11 is 3.04. The van der Waals surface area contributed by atoms with E-state index >= 15 is 0 Å². The topological polar surface area (TPSA) is 60.5 Å². The van der Waals surface area contributed by atoms with Crippen molar-refractivity contribution in [1.82, 2.24) is 4.98 Å². The SMILES string of the molecule is Cc1nc(-c2cccs2)sc1C(=O)Nc1ccc2c(c1)OC1(CCCC1)O2. The number of anilines is 1. The van der Waals surface area contributed by atoms with Crippen molar-refractivity contribution in [3.63, 3.8) is 0 Å². The third kappa shape index (κ3) is 3.00. The van der Waals surface area contributed by atoms with Gasteiger partial charge in [-0.15, -0.1) is 22.7 Å². The summed E-state index contributed by atoms with van der Waals surface area (Å²) in [4.78, 5) is 19.0. The molecule has 1 spiro atoms. The standard InChI is InChI=1S/C20H18N2O3S2/c1-12-17(27-19(21-12)16-5-4-10-26-16)18(23)22-13-6-7-14-15(11-13)25-20(24-14)8-2-3-9-20/h4-7,10-11H,2-3,8-9H2,1H3,(H,22,23). The highest BCUT2D eigenvalue weighted by Gasteiger charge is 2.44. The third-order valence-corrected chi connectivity index (χ3v) is 7.09. The molecule has 2 aromatic heterocycles. The Labute approximate surface area is 165 Å². The number of hydrogen-bond acceptors (Lipinski definition) is 6. The summed E-state index contributed by atoms with van der Waals surface area (Å²) in [5.74, 6) is 0.815. The maximum Gasteiger partial charge on any atom is 0.267 e. The number of hydrogen-bond donors (Lipinski definition) is 1. The van der Waals surface area contributed by atoms with Crippen LogP contribution in [-0.2, 0) is 0 Å². The predicted molar refractivity (Wildman–Crippen MR) is 107 cm³/mol. The number of nitrogens with zero attached hydrogens (tertiary/aromatic N) is 1. The second-order valence-electron chi connectivity index (χ2n) is 6.85. The molecule has 0 radical (unpaired) electrons. The van der Waals surface area contributed by atoms with Crippen molar-refractivity contribution in [2.24, 2.45) is 0 Å².